The summed E-state index contributed by atoms with van der Waals surface area (Å²) in [6.45, 7) is 2.72. The lowest BCUT2D eigenvalue weighted by atomic mass is 10.0. The first-order chi connectivity index (χ1) is 15.1. The first kappa shape index (κ1) is 20.6. The number of nitrogens with two attached hydrogens (primary N) is 1. The third-order valence-corrected chi connectivity index (χ3v) is 5.22. The minimum Gasteiger partial charge on any atom is -0.489 e. The van der Waals surface area contributed by atoms with Gasteiger partial charge in [0.15, 0.2) is 0 Å². The number of aryl methyl sites for hydroxylation is 1. The zero-order valence-corrected chi connectivity index (χ0v) is 17.3. The average molecular weight is 416 g/mol. The molecule has 0 amide bonds. The molecule has 2 heterocycles. The minimum atomic E-state index is -0.885. The Hall–Kier alpha value is -3.64. The Kier molecular flexibility index (Phi) is 6.00. The number of aromatic nitrogens is 1. The third-order valence-electron chi connectivity index (χ3n) is 5.22. The highest BCUT2D eigenvalue weighted by Crippen LogP contribution is 2.32. The molecule has 31 heavy (non-hydrogen) atoms. The molecule has 2 aromatic heterocycles. The number of pyridine rings is 1. The molecule has 4 aromatic rings. The van der Waals surface area contributed by atoms with E-state index in [1.54, 1.807) is 12.5 Å². The molecule has 2 aromatic carbocycles. The van der Waals surface area contributed by atoms with Gasteiger partial charge in [0.1, 0.15) is 17.9 Å². The number of fused-ring (bicyclic) bond motifs is 1. The van der Waals surface area contributed by atoms with Crippen molar-refractivity contribution in [3.8, 4) is 16.9 Å². The standard InChI is InChI=1S/C25H24N2O4/c1-2-16-3-4-19(13-24(28)29)23(11-16)31-15-17-9-20-6-8-30-25(20)22(10-17)18-5-7-27-21(12-18)14-26/h3-12H,2,13-15,26H2,1H3,(H,28,29). The van der Waals surface area contributed by atoms with E-state index in [0.717, 1.165) is 45.3 Å². The fraction of sp³-hybridized carbons (Fsp3) is 0.200. The van der Waals surface area contributed by atoms with Gasteiger partial charge in [-0.25, -0.2) is 0 Å². The molecular weight excluding hydrogens is 392 g/mol. The molecule has 0 spiro atoms. The van der Waals surface area contributed by atoms with E-state index >= 15 is 0 Å². The van der Waals surface area contributed by atoms with Crippen LogP contribution in [0.15, 0.2) is 65.4 Å². The van der Waals surface area contributed by atoms with Crippen LogP contribution in [-0.4, -0.2) is 16.1 Å². The third kappa shape index (κ3) is 4.59. The monoisotopic (exact) mass is 416 g/mol. The second kappa shape index (κ2) is 9.02. The van der Waals surface area contributed by atoms with Gasteiger partial charge in [-0.2, -0.15) is 0 Å². The first-order valence-electron chi connectivity index (χ1n) is 10.2. The summed E-state index contributed by atoms with van der Waals surface area (Å²) in [6, 6.07) is 15.6. The number of ether oxygens (including phenoxy) is 1. The van der Waals surface area contributed by atoms with Crippen LogP contribution < -0.4 is 10.5 Å². The van der Waals surface area contributed by atoms with E-state index in [9.17, 15) is 9.90 Å². The van der Waals surface area contributed by atoms with Crippen molar-refractivity contribution in [3.63, 3.8) is 0 Å². The lowest BCUT2D eigenvalue weighted by molar-refractivity contribution is -0.136. The number of rotatable bonds is 8. The maximum absolute atomic E-state index is 11.2. The van der Waals surface area contributed by atoms with Crippen molar-refractivity contribution in [1.29, 1.82) is 0 Å². The zero-order valence-electron chi connectivity index (χ0n) is 17.3. The van der Waals surface area contributed by atoms with Crippen LogP contribution in [0.5, 0.6) is 5.75 Å². The first-order valence-corrected chi connectivity index (χ1v) is 10.2. The van der Waals surface area contributed by atoms with Gasteiger partial charge in [-0.15, -0.1) is 0 Å². The largest absolute Gasteiger partial charge is 0.489 e. The molecule has 158 valence electrons. The summed E-state index contributed by atoms with van der Waals surface area (Å²) >= 11 is 0. The predicted octanol–water partition coefficient (Wildman–Crippen LogP) is 4.72. The number of aliphatic carboxylic acids is 1. The van der Waals surface area contributed by atoms with Gasteiger partial charge >= 0.3 is 5.97 Å². The minimum absolute atomic E-state index is 0.0791. The van der Waals surface area contributed by atoms with E-state index in [4.69, 9.17) is 14.9 Å². The molecule has 3 N–H and O–H groups in total. The maximum Gasteiger partial charge on any atom is 0.307 e. The van der Waals surface area contributed by atoms with Gasteiger partial charge in [-0.1, -0.05) is 19.1 Å². The van der Waals surface area contributed by atoms with Crippen LogP contribution in [0.3, 0.4) is 0 Å². The van der Waals surface area contributed by atoms with Crippen LogP contribution >= 0.6 is 0 Å². The molecule has 0 radical (unpaired) electrons. The van der Waals surface area contributed by atoms with Crippen molar-refractivity contribution in [2.24, 2.45) is 5.73 Å². The van der Waals surface area contributed by atoms with Crippen molar-refractivity contribution in [1.82, 2.24) is 4.98 Å². The molecule has 0 bridgehead atoms. The van der Waals surface area contributed by atoms with Gasteiger partial charge < -0.3 is 20.0 Å². The fourth-order valence-corrected chi connectivity index (χ4v) is 3.62. The van der Waals surface area contributed by atoms with Gasteiger partial charge in [-0.3, -0.25) is 9.78 Å². The molecule has 0 saturated carbocycles. The van der Waals surface area contributed by atoms with E-state index in [1.165, 1.54) is 0 Å². The van der Waals surface area contributed by atoms with Gasteiger partial charge in [0, 0.05) is 29.3 Å². The number of benzene rings is 2. The zero-order chi connectivity index (χ0) is 21.8. The number of hydrogen-bond donors (Lipinski definition) is 2. The smallest absolute Gasteiger partial charge is 0.307 e. The van der Waals surface area contributed by atoms with Crippen molar-refractivity contribution in [2.45, 2.75) is 32.9 Å². The molecule has 0 fully saturated rings. The second-order valence-corrected chi connectivity index (χ2v) is 7.38. The van der Waals surface area contributed by atoms with Crippen LogP contribution in [0, 0.1) is 0 Å². The molecule has 6 heteroatoms. The SMILES string of the molecule is CCc1ccc(CC(=O)O)c(OCc2cc(-c3ccnc(CN)c3)c3occc3c2)c1. The van der Waals surface area contributed by atoms with Crippen molar-refractivity contribution in [2.75, 3.05) is 0 Å². The van der Waals surface area contributed by atoms with E-state index in [-0.39, 0.29) is 6.42 Å². The lowest BCUT2D eigenvalue weighted by Gasteiger charge is -2.13. The highest BCUT2D eigenvalue weighted by Gasteiger charge is 2.13. The van der Waals surface area contributed by atoms with E-state index < -0.39 is 5.97 Å². The number of furan rings is 1. The van der Waals surface area contributed by atoms with E-state index in [0.29, 0.717) is 24.5 Å². The highest BCUT2D eigenvalue weighted by atomic mass is 16.5. The van der Waals surface area contributed by atoms with Crippen LogP contribution in [-0.2, 0) is 30.8 Å². The van der Waals surface area contributed by atoms with Crippen LogP contribution in [0.1, 0.15) is 29.3 Å². The molecule has 0 aliphatic heterocycles. The van der Waals surface area contributed by atoms with Gasteiger partial charge in [0.2, 0.25) is 0 Å². The average Bonchev–Trinajstić information content (AvgIpc) is 3.26. The van der Waals surface area contributed by atoms with Crippen LogP contribution in [0.4, 0.5) is 0 Å². The quantitative estimate of drug-likeness (QED) is 0.431. The van der Waals surface area contributed by atoms with E-state index in [1.807, 2.05) is 48.5 Å². The number of carboxylic acid groups (broad SMARTS) is 1. The Bertz CT molecular complexity index is 1230. The molecule has 0 unspecified atom stereocenters. The molecule has 0 aliphatic rings. The summed E-state index contributed by atoms with van der Waals surface area (Å²) in [6.07, 6.45) is 4.17. The van der Waals surface area contributed by atoms with Gasteiger partial charge in [0.25, 0.3) is 0 Å². The summed E-state index contributed by atoms with van der Waals surface area (Å²) in [5.41, 5.74) is 12.0. The predicted molar refractivity (Wildman–Crippen MR) is 119 cm³/mol. The summed E-state index contributed by atoms with van der Waals surface area (Å²) in [5.74, 6) is -0.283. The van der Waals surface area contributed by atoms with Crippen LogP contribution in [0.2, 0.25) is 0 Å². The van der Waals surface area contributed by atoms with Crippen molar-refractivity contribution < 1.29 is 19.1 Å². The summed E-state index contributed by atoms with van der Waals surface area (Å²) in [4.78, 5) is 15.5. The highest BCUT2D eigenvalue weighted by molar-refractivity contribution is 5.93. The number of carbonyl (C=O) groups is 1. The fourth-order valence-electron chi connectivity index (χ4n) is 3.62. The van der Waals surface area contributed by atoms with Crippen molar-refractivity contribution >= 4 is 16.9 Å². The topological polar surface area (TPSA) is 98.6 Å². The van der Waals surface area contributed by atoms with Crippen molar-refractivity contribution in [3.05, 3.63) is 83.4 Å². The molecule has 6 nitrogen and oxygen atoms in total. The summed E-state index contributed by atoms with van der Waals surface area (Å²) in [7, 11) is 0. The normalized spacial score (nSPS) is 11.0. The number of carboxylic acids is 1. The van der Waals surface area contributed by atoms with Gasteiger partial charge in [-0.05, 0) is 59.5 Å². The summed E-state index contributed by atoms with van der Waals surface area (Å²) in [5, 5.41) is 10.2. The van der Waals surface area contributed by atoms with Gasteiger partial charge in [0.05, 0.1) is 18.4 Å². The molecular formula is C25H24N2O4. The lowest BCUT2D eigenvalue weighted by Crippen LogP contribution is -2.05. The van der Waals surface area contributed by atoms with Crippen LogP contribution in [0.25, 0.3) is 22.1 Å². The summed E-state index contributed by atoms with van der Waals surface area (Å²) < 4.78 is 11.8. The molecule has 0 atom stereocenters. The Balaban J connectivity index is 1.68. The maximum atomic E-state index is 11.2. The molecule has 4 rings (SSSR count). The number of hydrogen-bond acceptors (Lipinski definition) is 5. The number of nitrogens with zero attached hydrogens (tertiary/aromatic N) is 1. The Morgan fingerprint density at radius 1 is 1.13 bits per heavy atom. The molecule has 0 saturated heterocycles. The Morgan fingerprint density at radius 3 is 2.77 bits per heavy atom. The van der Waals surface area contributed by atoms with E-state index in [2.05, 4.69) is 11.9 Å². The Morgan fingerprint density at radius 2 is 2.00 bits per heavy atom. The Labute approximate surface area is 180 Å². The molecule has 0 aliphatic carbocycles. The second-order valence-electron chi connectivity index (χ2n) is 7.38.